The molecule has 0 radical (unpaired) electrons. The molecule has 0 heterocycles. The molecule has 2 saturated carbocycles. The summed E-state index contributed by atoms with van der Waals surface area (Å²) in [4.78, 5) is 11.5. The summed E-state index contributed by atoms with van der Waals surface area (Å²) < 4.78 is 4.85. The minimum absolute atomic E-state index is 0.00898. The Bertz CT molecular complexity index is 212. The third kappa shape index (κ3) is 0.900. The molecule has 12 heavy (non-hydrogen) atoms. The highest BCUT2D eigenvalue weighted by atomic mass is 16.5. The number of ether oxygens (including phenoxy) is 1. The van der Waals surface area contributed by atoms with E-state index in [1.165, 1.54) is 26.4 Å². The van der Waals surface area contributed by atoms with Crippen molar-refractivity contribution in [1.82, 2.24) is 0 Å². The van der Waals surface area contributed by atoms with Crippen LogP contribution < -0.4 is 0 Å². The van der Waals surface area contributed by atoms with Gasteiger partial charge in [0.2, 0.25) is 0 Å². The van der Waals surface area contributed by atoms with Crippen molar-refractivity contribution < 1.29 is 9.53 Å². The van der Waals surface area contributed by atoms with Crippen molar-refractivity contribution in [2.75, 3.05) is 7.11 Å². The highest BCUT2D eigenvalue weighted by Crippen LogP contribution is 2.56. The average Bonchev–Trinajstić information content (AvgIpc) is 2.62. The van der Waals surface area contributed by atoms with Gasteiger partial charge in [-0.15, -0.1) is 0 Å². The largest absolute Gasteiger partial charge is 0.469 e. The molecule has 3 atom stereocenters. The van der Waals surface area contributed by atoms with Crippen LogP contribution in [0.1, 0.15) is 32.6 Å². The summed E-state index contributed by atoms with van der Waals surface area (Å²) in [6, 6.07) is 0. The second-order valence-electron chi connectivity index (χ2n) is 4.49. The van der Waals surface area contributed by atoms with Gasteiger partial charge in [0.1, 0.15) is 0 Å². The molecule has 2 bridgehead atoms. The Morgan fingerprint density at radius 2 is 2.25 bits per heavy atom. The molecule has 0 unspecified atom stereocenters. The standard InChI is InChI=1S/C10H16O2/c1-10(9(11)12-2)6-7-3-4-8(10)5-7/h7-8H,3-6H2,1-2H3/t7-,8-,10+/m0/s1. The van der Waals surface area contributed by atoms with Crippen LogP contribution in [0.2, 0.25) is 0 Å². The highest BCUT2D eigenvalue weighted by molar-refractivity contribution is 5.77. The number of carbonyl (C=O) groups excluding carboxylic acids is 1. The lowest BCUT2D eigenvalue weighted by atomic mass is 9.75. The second kappa shape index (κ2) is 2.48. The minimum atomic E-state index is -0.141. The zero-order valence-corrected chi connectivity index (χ0v) is 7.80. The lowest BCUT2D eigenvalue weighted by molar-refractivity contribution is -0.154. The average molecular weight is 168 g/mol. The van der Waals surface area contributed by atoms with E-state index in [4.69, 9.17) is 4.74 Å². The van der Waals surface area contributed by atoms with E-state index in [-0.39, 0.29) is 11.4 Å². The number of carbonyl (C=O) groups is 1. The molecule has 2 aliphatic rings. The summed E-state index contributed by atoms with van der Waals surface area (Å²) in [6.45, 7) is 2.07. The molecule has 0 aromatic carbocycles. The molecule has 0 aromatic heterocycles. The zero-order valence-electron chi connectivity index (χ0n) is 7.80. The highest BCUT2D eigenvalue weighted by Gasteiger charge is 2.52. The molecular weight excluding hydrogens is 152 g/mol. The normalized spacial score (nSPS) is 44.8. The van der Waals surface area contributed by atoms with E-state index in [0.29, 0.717) is 5.92 Å². The molecule has 2 fully saturated rings. The molecule has 0 spiro atoms. The number of methoxy groups -OCH3 is 1. The van der Waals surface area contributed by atoms with Gasteiger partial charge in [0.05, 0.1) is 12.5 Å². The van der Waals surface area contributed by atoms with Crippen LogP contribution in [0, 0.1) is 17.3 Å². The van der Waals surface area contributed by atoms with Crippen molar-refractivity contribution in [2.24, 2.45) is 17.3 Å². The third-order valence-corrected chi connectivity index (χ3v) is 3.81. The Morgan fingerprint density at radius 3 is 2.67 bits per heavy atom. The summed E-state index contributed by atoms with van der Waals surface area (Å²) >= 11 is 0. The first-order valence-corrected chi connectivity index (χ1v) is 4.75. The molecular formula is C10H16O2. The Kier molecular flexibility index (Phi) is 1.67. The van der Waals surface area contributed by atoms with E-state index < -0.39 is 0 Å². The SMILES string of the molecule is COC(=O)[C@]1(C)C[C@H]2CC[C@H]1C2. The topological polar surface area (TPSA) is 26.3 Å². The van der Waals surface area contributed by atoms with E-state index >= 15 is 0 Å². The first-order valence-electron chi connectivity index (χ1n) is 4.75. The Hall–Kier alpha value is -0.530. The maximum Gasteiger partial charge on any atom is 0.311 e. The van der Waals surface area contributed by atoms with Crippen molar-refractivity contribution in [3.8, 4) is 0 Å². The van der Waals surface area contributed by atoms with Gasteiger partial charge in [0, 0.05) is 0 Å². The second-order valence-corrected chi connectivity index (χ2v) is 4.49. The summed E-state index contributed by atoms with van der Waals surface area (Å²) in [7, 11) is 1.50. The fourth-order valence-corrected chi connectivity index (χ4v) is 3.09. The van der Waals surface area contributed by atoms with Gasteiger partial charge in [-0.1, -0.05) is 6.42 Å². The lowest BCUT2D eigenvalue weighted by Gasteiger charge is -2.30. The van der Waals surface area contributed by atoms with E-state index in [0.717, 1.165) is 12.3 Å². The summed E-state index contributed by atoms with van der Waals surface area (Å²) in [5.41, 5.74) is -0.141. The van der Waals surface area contributed by atoms with Gasteiger partial charge in [-0.2, -0.15) is 0 Å². The van der Waals surface area contributed by atoms with Gasteiger partial charge in [-0.05, 0) is 38.0 Å². The van der Waals surface area contributed by atoms with Gasteiger partial charge in [0.15, 0.2) is 0 Å². The van der Waals surface area contributed by atoms with Crippen LogP contribution >= 0.6 is 0 Å². The van der Waals surface area contributed by atoms with Crippen LogP contribution in [-0.2, 0) is 9.53 Å². The van der Waals surface area contributed by atoms with Gasteiger partial charge >= 0.3 is 5.97 Å². The van der Waals surface area contributed by atoms with E-state index in [1.54, 1.807) is 0 Å². The summed E-state index contributed by atoms with van der Waals surface area (Å²) in [6.07, 6.45) is 4.88. The first-order chi connectivity index (χ1) is 5.66. The number of fused-ring (bicyclic) bond motifs is 2. The monoisotopic (exact) mass is 168 g/mol. The fraction of sp³-hybridized carbons (Fsp3) is 0.900. The molecule has 0 amide bonds. The maximum atomic E-state index is 11.5. The van der Waals surface area contributed by atoms with E-state index in [1.807, 2.05) is 0 Å². The number of esters is 1. The van der Waals surface area contributed by atoms with Crippen molar-refractivity contribution >= 4 is 5.97 Å². The lowest BCUT2D eigenvalue weighted by Crippen LogP contribution is -2.34. The molecule has 2 heteroatoms. The van der Waals surface area contributed by atoms with Crippen LogP contribution in [-0.4, -0.2) is 13.1 Å². The van der Waals surface area contributed by atoms with Gasteiger partial charge in [-0.25, -0.2) is 0 Å². The number of hydrogen-bond acceptors (Lipinski definition) is 2. The maximum absolute atomic E-state index is 11.5. The molecule has 0 aliphatic heterocycles. The molecule has 2 rings (SSSR count). The van der Waals surface area contributed by atoms with Crippen LogP contribution in [0.5, 0.6) is 0 Å². The predicted molar refractivity (Wildman–Crippen MR) is 45.6 cm³/mol. The molecule has 0 aromatic rings. The summed E-state index contributed by atoms with van der Waals surface area (Å²) in [5.74, 6) is 1.42. The molecule has 68 valence electrons. The van der Waals surface area contributed by atoms with Gasteiger partial charge in [0.25, 0.3) is 0 Å². The zero-order chi connectivity index (χ0) is 8.77. The smallest absolute Gasteiger partial charge is 0.311 e. The third-order valence-electron chi connectivity index (χ3n) is 3.81. The van der Waals surface area contributed by atoms with Crippen LogP contribution in [0.25, 0.3) is 0 Å². The molecule has 2 nitrogen and oxygen atoms in total. The van der Waals surface area contributed by atoms with Crippen LogP contribution in [0.3, 0.4) is 0 Å². The van der Waals surface area contributed by atoms with Crippen molar-refractivity contribution in [2.45, 2.75) is 32.6 Å². The summed E-state index contributed by atoms with van der Waals surface area (Å²) in [5, 5.41) is 0. The van der Waals surface area contributed by atoms with E-state index in [9.17, 15) is 4.79 Å². The van der Waals surface area contributed by atoms with Crippen molar-refractivity contribution in [3.63, 3.8) is 0 Å². The quantitative estimate of drug-likeness (QED) is 0.560. The van der Waals surface area contributed by atoms with Crippen LogP contribution in [0.15, 0.2) is 0 Å². The fourth-order valence-electron chi connectivity index (χ4n) is 3.09. The first kappa shape index (κ1) is 8.09. The van der Waals surface area contributed by atoms with Gasteiger partial charge < -0.3 is 4.74 Å². The molecule has 0 N–H and O–H groups in total. The number of hydrogen-bond donors (Lipinski definition) is 0. The van der Waals surface area contributed by atoms with Crippen LogP contribution in [0.4, 0.5) is 0 Å². The number of rotatable bonds is 1. The molecule has 2 aliphatic carbocycles. The van der Waals surface area contributed by atoms with Gasteiger partial charge in [-0.3, -0.25) is 4.79 Å². The molecule has 0 saturated heterocycles. The predicted octanol–water partition coefficient (Wildman–Crippen LogP) is 1.99. The Balaban J connectivity index is 2.17. The van der Waals surface area contributed by atoms with Crippen molar-refractivity contribution in [1.29, 1.82) is 0 Å². The Morgan fingerprint density at radius 1 is 1.50 bits per heavy atom. The van der Waals surface area contributed by atoms with Crippen molar-refractivity contribution in [3.05, 3.63) is 0 Å². The Labute approximate surface area is 73.3 Å². The van der Waals surface area contributed by atoms with E-state index in [2.05, 4.69) is 6.92 Å². The minimum Gasteiger partial charge on any atom is -0.469 e.